The molecule has 0 spiro atoms. The third kappa shape index (κ3) is 3.61. The van der Waals surface area contributed by atoms with Crippen LogP contribution in [0.5, 0.6) is 0 Å². The molecule has 106 valence electrons. The van der Waals surface area contributed by atoms with Crippen molar-refractivity contribution in [2.45, 2.75) is 26.4 Å². The summed E-state index contributed by atoms with van der Waals surface area (Å²) in [5.41, 5.74) is 1.21. The highest BCUT2D eigenvalue weighted by molar-refractivity contribution is 9.10. The van der Waals surface area contributed by atoms with Crippen LogP contribution < -0.4 is 4.90 Å². The Hall–Kier alpha value is -1.33. The second-order valence-electron chi connectivity index (χ2n) is 4.80. The first kappa shape index (κ1) is 15.1. The molecule has 0 aliphatic carbocycles. The van der Waals surface area contributed by atoms with Gasteiger partial charge in [0, 0.05) is 21.1 Å². The van der Waals surface area contributed by atoms with Crippen LogP contribution in [0.2, 0.25) is 0 Å². The highest BCUT2D eigenvalue weighted by Gasteiger charge is 2.15. The molecule has 0 radical (unpaired) electrons. The van der Waals surface area contributed by atoms with Crippen LogP contribution >= 0.6 is 27.3 Å². The van der Waals surface area contributed by atoms with Crippen LogP contribution in [0.1, 0.15) is 29.1 Å². The molecule has 1 N–H and O–H groups in total. The smallest absolute Gasteiger partial charge is 0.335 e. The maximum atomic E-state index is 11.2. The van der Waals surface area contributed by atoms with E-state index in [1.54, 1.807) is 23.5 Å². The summed E-state index contributed by atoms with van der Waals surface area (Å²) < 4.78 is 0.782. The zero-order valence-corrected chi connectivity index (χ0v) is 13.7. The van der Waals surface area contributed by atoms with Gasteiger partial charge in [0.15, 0.2) is 0 Å². The van der Waals surface area contributed by atoms with Gasteiger partial charge in [0.1, 0.15) is 0 Å². The lowest BCUT2D eigenvalue weighted by molar-refractivity contribution is 0.0697. The Balaban J connectivity index is 2.36. The van der Waals surface area contributed by atoms with E-state index < -0.39 is 5.97 Å². The van der Waals surface area contributed by atoms with Crippen LogP contribution in [-0.2, 0) is 6.54 Å². The van der Waals surface area contributed by atoms with Gasteiger partial charge < -0.3 is 10.0 Å². The second-order valence-corrected chi connectivity index (χ2v) is 6.75. The molecule has 0 unspecified atom stereocenters. The summed E-state index contributed by atoms with van der Waals surface area (Å²) >= 11 is 5.10. The summed E-state index contributed by atoms with van der Waals surface area (Å²) in [6, 6.07) is 9.71. The summed E-state index contributed by atoms with van der Waals surface area (Å²) in [6.07, 6.45) is 0. The Labute approximate surface area is 131 Å². The predicted molar refractivity (Wildman–Crippen MR) is 86.7 cm³/mol. The number of benzene rings is 1. The first-order valence-corrected chi connectivity index (χ1v) is 7.97. The number of hydrogen-bond acceptors (Lipinski definition) is 3. The standard InChI is InChI=1S/C15H16BrNO2S/c1-10(2)17(9-14-4-3-5-20-14)13-7-11(15(18)19)6-12(16)8-13/h3-8,10H,9H2,1-2H3,(H,18,19). The number of rotatable bonds is 5. The minimum atomic E-state index is -0.910. The summed E-state index contributed by atoms with van der Waals surface area (Å²) in [6.45, 7) is 4.99. The maximum absolute atomic E-state index is 11.2. The third-order valence-electron chi connectivity index (χ3n) is 2.99. The van der Waals surface area contributed by atoms with Gasteiger partial charge in [-0.15, -0.1) is 11.3 Å². The zero-order chi connectivity index (χ0) is 14.7. The number of thiophene rings is 1. The molecular formula is C15H16BrNO2S. The van der Waals surface area contributed by atoms with Crippen LogP contribution in [0.4, 0.5) is 5.69 Å². The normalized spacial score (nSPS) is 10.8. The van der Waals surface area contributed by atoms with Crippen molar-refractivity contribution in [1.29, 1.82) is 0 Å². The number of nitrogens with zero attached hydrogens (tertiary/aromatic N) is 1. The van der Waals surface area contributed by atoms with Gasteiger partial charge in [-0.1, -0.05) is 22.0 Å². The molecule has 0 saturated carbocycles. The van der Waals surface area contributed by atoms with Crippen molar-refractivity contribution < 1.29 is 9.90 Å². The molecule has 0 atom stereocenters. The molecule has 0 aliphatic rings. The Morgan fingerprint density at radius 3 is 2.70 bits per heavy atom. The van der Waals surface area contributed by atoms with E-state index in [0.29, 0.717) is 5.56 Å². The topological polar surface area (TPSA) is 40.5 Å². The van der Waals surface area contributed by atoms with Gasteiger partial charge in [0.25, 0.3) is 0 Å². The number of hydrogen-bond donors (Lipinski definition) is 1. The van der Waals surface area contributed by atoms with Gasteiger partial charge in [-0.3, -0.25) is 0 Å². The summed E-state index contributed by atoms with van der Waals surface area (Å²) in [4.78, 5) is 14.6. The van der Waals surface area contributed by atoms with Crippen molar-refractivity contribution in [2.24, 2.45) is 0 Å². The first-order chi connectivity index (χ1) is 9.47. The van der Waals surface area contributed by atoms with Gasteiger partial charge in [0.05, 0.1) is 12.1 Å². The highest BCUT2D eigenvalue weighted by Crippen LogP contribution is 2.27. The van der Waals surface area contributed by atoms with Crippen molar-refractivity contribution in [3.8, 4) is 0 Å². The zero-order valence-electron chi connectivity index (χ0n) is 11.3. The van der Waals surface area contributed by atoms with Gasteiger partial charge in [-0.2, -0.15) is 0 Å². The van der Waals surface area contributed by atoms with Crippen molar-refractivity contribution in [3.05, 3.63) is 50.6 Å². The fourth-order valence-electron chi connectivity index (χ4n) is 2.01. The molecule has 1 heterocycles. The van der Waals surface area contributed by atoms with Gasteiger partial charge >= 0.3 is 5.97 Å². The van der Waals surface area contributed by atoms with Crippen LogP contribution in [0.25, 0.3) is 0 Å². The maximum Gasteiger partial charge on any atom is 0.335 e. The predicted octanol–water partition coefficient (Wildman–Crippen LogP) is 4.62. The van der Waals surface area contributed by atoms with E-state index >= 15 is 0 Å². The number of aromatic carboxylic acids is 1. The molecule has 0 aliphatic heterocycles. The minimum Gasteiger partial charge on any atom is -0.478 e. The fourth-order valence-corrected chi connectivity index (χ4v) is 3.19. The Bertz CT molecular complexity index is 596. The van der Waals surface area contributed by atoms with E-state index in [9.17, 15) is 9.90 Å². The molecule has 20 heavy (non-hydrogen) atoms. The van der Waals surface area contributed by atoms with Crippen molar-refractivity contribution in [1.82, 2.24) is 0 Å². The summed E-state index contributed by atoms with van der Waals surface area (Å²) in [7, 11) is 0. The number of anilines is 1. The first-order valence-electron chi connectivity index (χ1n) is 6.30. The average Bonchev–Trinajstić information content (AvgIpc) is 2.87. The SMILES string of the molecule is CC(C)N(Cc1cccs1)c1cc(Br)cc(C(=O)O)c1. The fraction of sp³-hybridized carbons (Fsp3) is 0.267. The largest absolute Gasteiger partial charge is 0.478 e. The van der Waals surface area contributed by atoms with E-state index in [1.165, 1.54) is 4.88 Å². The molecule has 2 aromatic rings. The average molecular weight is 354 g/mol. The second kappa shape index (κ2) is 6.41. The molecule has 1 aromatic carbocycles. The molecule has 0 amide bonds. The van der Waals surface area contributed by atoms with E-state index in [1.807, 2.05) is 12.1 Å². The molecule has 3 nitrogen and oxygen atoms in total. The Morgan fingerprint density at radius 2 is 2.15 bits per heavy atom. The summed E-state index contributed by atoms with van der Waals surface area (Å²) in [5.74, 6) is -0.910. The molecule has 5 heteroatoms. The molecule has 1 aromatic heterocycles. The highest BCUT2D eigenvalue weighted by atomic mass is 79.9. The summed E-state index contributed by atoms with van der Waals surface area (Å²) in [5, 5.41) is 11.2. The molecule has 0 fully saturated rings. The van der Waals surface area contributed by atoms with E-state index in [0.717, 1.165) is 16.7 Å². The Morgan fingerprint density at radius 1 is 1.40 bits per heavy atom. The molecule has 0 bridgehead atoms. The van der Waals surface area contributed by atoms with Gasteiger partial charge in [-0.25, -0.2) is 4.79 Å². The van der Waals surface area contributed by atoms with Crippen LogP contribution in [-0.4, -0.2) is 17.1 Å². The monoisotopic (exact) mass is 353 g/mol. The van der Waals surface area contributed by atoms with Crippen LogP contribution in [0, 0.1) is 0 Å². The van der Waals surface area contributed by atoms with E-state index in [-0.39, 0.29) is 6.04 Å². The van der Waals surface area contributed by atoms with E-state index in [2.05, 4.69) is 46.1 Å². The lowest BCUT2D eigenvalue weighted by atomic mass is 10.1. The number of halogens is 1. The third-order valence-corrected chi connectivity index (χ3v) is 4.31. The van der Waals surface area contributed by atoms with Crippen LogP contribution in [0.15, 0.2) is 40.2 Å². The van der Waals surface area contributed by atoms with Crippen molar-refractivity contribution >= 4 is 38.9 Å². The Kier molecular flexibility index (Phi) is 4.83. The number of carboxylic acid groups (broad SMARTS) is 1. The minimum absolute atomic E-state index is 0.285. The van der Waals surface area contributed by atoms with Gasteiger partial charge in [-0.05, 0) is 43.5 Å². The molecular weight excluding hydrogens is 338 g/mol. The van der Waals surface area contributed by atoms with Crippen LogP contribution in [0.3, 0.4) is 0 Å². The quantitative estimate of drug-likeness (QED) is 0.852. The van der Waals surface area contributed by atoms with Gasteiger partial charge in [0.2, 0.25) is 0 Å². The lowest BCUT2D eigenvalue weighted by Gasteiger charge is -2.29. The number of carbonyl (C=O) groups is 1. The molecule has 2 rings (SSSR count). The van der Waals surface area contributed by atoms with E-state index in [4.69, 9.17) is 0 Å². The lowest BCUT2D eigenvalue weighted by Crippen LogP contribution is -2.30. The van der Waals surface area contributed by atoms with Crippen molar-refractivity contribution in [3.63, 3.8) is 0 Å². The van der Waals surface area contributed by atoms with Crippen molar-refractivity contribution in [2.75, 3.05) is 4.90 Å². The number of carboxylic acids is 1. The molecule has 0 saturated heterocycles.